The van der Waals surface area contributed by atoms with Gasteiger partial charge in [-0.2, -0.15) is 0 Å². The van der Waals surface area contributed by atoms with E-state index in [1.54, 1.807) is 12.4 Å². The Labute approximate surface area is 139 Å². The number of hydrogen-bond donors (Lipinski definition) is 1. The van der Waals surface area contributed by atoms with Crippen LogP contribution in [0.3, 0.4) is 0 Å². The predicted molar refractivity (Wildman–Crippen MR) is 94.7 cm³/mol. The van der Waals surface area contributed by atoms with Crippen molar-refractivity contribution in [2.75, 3.05) is 57.3 Å². The van der Waals surface area contributed by atoms with Gasteiger partial charge in [0, 0.05) is 64.8 Å². The van der Waals surface area contributed by atoms with Gasteiger partial charge >= 0.3 is 0 Å². The van der Waals surface area contributed by atoms with E-state index in [1.807, 2.05) is 6.07 Å². The van der Waals surface area contributed by atoms with Crippen molar-refractivity contribution in [3.8, 4) is 0 Å². The lowest BCUT2D eigenvalue weighted by Crippen LogP contribution is -2.47. The summed E-state index contributed by atoms with van der Waals surface area (Å²) in [4.78, 5) is 19.9. The number of guanidine groups is 1. The third kappa shape index (κ3) is 5.35. The molecular weight excluding hydrogens is 290 g/mol. The highest BCUT2D eigenvalue weighted by Crippen LogP contribution is 2.09. The highest BCUT2D eigenvalue weighted by atomic mass is 15.3. The highest BCUT2D eigenvalue weighted by molar-refractivity contribution is 5.77. The minimum Gasteiger partial charge on any atom is -0.370 e. The number of rotatable bonds is 7. The van der Waals surface area contributed by atoms with E-state index >= 15 is 0 Å². The van der Waals surface area contributed by atoms with Crippen molar-refractivity contribution in [3.63, 3.8) is 0 Å². The fourth-order valence-electron chi connectivity index (χ4n) is 2.76. The molecule has 2 rings (SSSR count). The van der Waals surface area contributed by atoms with Crippen LogP contribution >= 0.6 is 0 Å². The first-order valence-electron chi connectivity index (χ1n) is 8.53. The van der Waals surface area contributed by atoms with Crippen LogP contribution in [0.25, 0.3) is 0 Å². The molecule has 0 bridgehead atoms. The van der Waals surface area contributed by atoms with Crippen LogP contribution in [0.2, 0.25) is 0 Å². The van der Waals surface area contributed by atoms with E-state index in [4.69, 9.17) is 5.73 Å². The van der Waals surface area contributed by atoms with Gasteiger partial charge in [-0.05, 0) is 26.3 Å². The second kappa shape index (κ2) is 9.29. The van der Waals surface area contributed by atoms with Gasteiger partial charge in [0.05, 0.1) is 0 Å². The zero-order valence-electron chi connectivity index (χ0n) is 14.4. The van der Waals surface area contributed by atoms with Crippen LogP contribution < -0.4 is 10.6 Å². The molecule has 0 radical (unpaired) electrons. The molecule has 1 saturated heterocycles. The van der Waals surface area contributed by atoms with Gasteiger partial charge in [0.2, 0.25) is 5.95 Å². The number of aliphatic imine (C=N–C) groups is 1. The molecule has 1 aliphatic rings. The third-order valence-corrected chi connectivity index (χ3v) is 4.20. The van der Waals surface area contributed by atoms with Gasteiger partial charge in [0.25, 0.3) is 0 Å². The quantitative estimate of drug-likeness (QED) is 0.452. The fraction of sp³-hybridized carbons (Fsp3) is 0.688. The van der Waals surface area contributed by atoms with E-state index in [0.29, 0.717) is 5.96 Å². The second-order valence-corrected chi connectivity index (χ2v) is 5.64. The molecule has 0 aromatic carbocycles. The van der Waals surface area contributed by atoms with E-state index in [0.717, 1.165) is 64.7 Å². The summed E-state index contributed by atoms with van der Waals surface area (Å²) in [5.74, 6) is 1.50. The molecule has 0 amide bonds. The number of aromatic nitrogens is 2. The van der Waals surface area contributed by atoms with Gasteiger partial charge in [0.15, 0.2) is 5.96 Å². The maximum atomic E-state index is 5.98. The lowest BCUT2D eigenvalue weighted by Gasteiger charge is -2.34. The molecule has 1 fully saturated rings. The van der Waals surface area contributed by atoms with E-state index in [9.17, 15) is 0 Å². The van der Waals surface area contributed by atoms with Crippen LogP contribution in [-0.2, 0) is 0 Å². The first-order chi connectivity index (χ1) is 11.2. The molecular formula is C16H29N7. The molecule has 2 N–H and O–H groups in total. The van der Waals surface area contributed by atoms with Crippen LogP contribution in [0.5, 0.6) is 0 Å². The average molecular weight is 319 g/mol. The summed E-state index contributed by atoms with van der Waals surface area (Å²) >= 11 is 0. The zero-order valence-corrected chi connectivity index (χ0v) is 14.4. The van der Waals surface area contributed by atoms with Crippen molar-refractivity contribution in [2.24, 2.45) is 10.7 Å². The summed E-state index contributed by atoms with van der Waals surface area (Å²) in [5.41, 5.74) is 5.98. The maximum Gasteiger partial charge on any atom is 0.225 e. The number of hydrogen-bond acceptors (Lipinski definition) is 5. The minimum absolute atomic E-state index is 0.668. The standard InChI is InChI=1S/C16H29N7/c1-3-22(4-2)15(17)18-9-6-10-21-11-13-23(14-12-21)16-19-7-5-8-20-16/h5,7-8H,3-4,6,9-14H2,1-2H3,(H2,17,18). The monoisotopic (exact) mass is 319 g/mol. The molecule has 0 spiro atoms. The zero-order chi connectivity index (χ0) is 16.5. The molecule has 0 saturated carbocycles. The Morgan fingerprint density at radius 1 is 1.17 bits per heavy atom. The van der Waals surface area contributed by atoms with E-state index in [-0.39, 0.29) is 0 Å². The molecule has 1 aromatic rings. The summed E-state index contributed by atoms with van der Waals surface area (Å²) < 4.78 is 0. The lowest BCUT2D eigenvalue weighted by molar-refractivity contribution is 0.255. The molecule has 7 heteroatoms. The van der Waals surface area contributed by atoms with Crippen LogP contribution in [0.15, 0.2) is 23.5 Å². The Balaban J connectivity index is 1.66. The van der Waals surface area contributed by atoms with Gasteiger partial charge in [-0.1, -0.05) is 0 Å². The number of anilines is 1. The largest absolute Gasteiger partial charge is 0.370 e. The van der Waals surface area contributed by atoms with Crippen molar-refractivity contribution in [3.05, 3.63) is 18.5 Å². The van der Waals surface area contributed by atoms with Crippen molar-refractivity contribution in [1.82, 2.24) is 19.8 Å². The van der Waals surface area contributed by atoms with Crippen molar-refractivity contribution in [2.45, 2.75) is 20.3 Å². The Morgan fingerprint density at radius 3 is 2.43 bits per heavy atom. The summed E-state index contributed by atoms with van der Waals surface area (Å²) in [5, 5.41) is 0. The molecule has 1 aliphatic heterocycles. The number of nitrogens with two attached hydrogens (primary N) is 1. The summed E-state index contributed by atoms with van der Waals surface area (Å²) in [7, 11) is 0. The van der Waals surface area contributed by atoms with Gasteiger partial charge in [-0.25, -0.2) is 9.97 Å². The first kappa shape index (κ1) is 17.5. The van der Waals surface area contributed by atoms with Crippen molar-refractivity contribution in [1.29, 1.82) is 0 Å². The fourth-order valence-corrected chi connectivity index (χ4v) is 2.76. The van der Waals surface area contributed by atoms with Gasteiger partial charge in [-0.3, -0.25) is 9.89 Å². The second-order valence-electron chi connectivity index (χ2n) is 5.64. The van der Waals surface area contributed by atoms with E-state index in [2.05, 4.69) is 43.5 Å². The molecule has 0 atom stereocenters. The predicted octanol–water partition coefficient (Wildman–Crippen LogP) is 0.645. The Morgan fingerprint density at radius 2 is 1.83 bits per heavy atom. The normalized spacial score (nSPS) is 16.6. The Bertz CT molecular complexity index is 465. The van der Waals surface area contributed by atoms with Crippen molar-refractivity contribution < 1.29 is 0 Å². The van der Waals surface area contributed by atoms with Crippen LogP contribution in [0.4, 0.5) is 5.95 Å². The topological polar surface area (TPSA) is 73.9 Å². The molecule has 128 valence electrons. The molecule has 2 heterocycles. The van der Waals surface area contributed by atoms with Crippen LogP contribution in [0.1, 0.15) is 20.3 Å². The maximum absolute atomic E-state index is 5.98. The number of nitrogens with zero attached hydrogens (tertiary/aromatic N) is 6. The summed E-state index contributed by atoms with van der Waals surface area (Å²) in [6.45, 7) is 11.9. The SMILES string of the molecule is CCN(CC)C(N)=NCCCN1CCN(c2ncccn2)CC1. The van der Waals surface area contributed by atoms with E-state index < -0.39 is 0 Å². The molecule has 7 nitrogen and oxygen atoms in total. The Hall–Kier alpha value is -1.89. The van der Waals surface area contributed by atoms with Crippen molar-refractivity contribution >= 4 is 11.9 Å². The first-order valence-corrected chi connectivity index (χ1v) is 8.53. The van der Waals surface area contributed by atoms with Gasteiger partial charge in [-0.15, -0.1) is 0 Å². The molecule has 23 heavy (non-hydrogen) atoms. The van der Waals surface area contributed by atoms with E-state index in [1.165, 1.54) is 0 Å². The minimum atomic E-state index is 0.668. The number of piperazine rings is 1. The van der Waals surface area contributed by atoms with Crippen LogP contribution in [-0.4, -0.2) is 78.1 Å². The van der Waals surface area contributed by atoms with Crippen LogP contribution in [0, 0.1) is 0 Å². The molecule has 0 aliphatic carbocycles. The third-order valence-electron chi connectivity index (χ3n) is 4.20. The average Bonchev–Trinajstić information content (AvgIpc) is 2.61. The molecule has 0 unspecified atom stereocenters. The Kier molecular flexibility index (Phi) is 7.06. The summed E-state index contributed by atoms with van der Waals surface area (Å²) in [6, 6.07) is 1.85. The lowest BCUT2D eigenvalue weighted by atomic mass is 10.3. The smallest absolute Gasteiger partial charge is 0.225 e. The summed E-state index contributed by atoms with van der Waals surface area (Å²) in [6.07, 6.45) is 4.64. The van der Waals surface area contributed by atoms with Gasteiger partial charge < -0.3 is 15.5 Å². The van der Waals surface area contributed by atoms with Gasteiger partial charge in [0.1, 0.15) is 0 Å². The molecule has 1 aromatic heterocycles. The highest BCUT2D eigenvalue weighted by Gasteiger charge is 2.18.